The Morgan fingerprint density at radius 3 is 2.71 bits per heavy atom. The van der Waals surface area contributed by atoms with E-state index in [1.807, 2.05) is 24.6 Å². The summed E-state index contributed by atoms with van der Waals surface area (Å²) in [6, 6.07) is 10.8. The van der Waals surface area contributed by atoms with Gasteiger partial charge in [0.25, 0.3) is 0 Å². The van der Waals surface area contributed by atoms with Gasteiger partial charge in [0.2, 0.25) is 0 Å². The topological polar surface area (TPSA) is 24.9 Å². The van der Waals surface area contributed by atoms with E-state index in [0.29, 0.717) is 0 Å². The molecule has 0 aliphatic heterocycles. The quantitative estimate of drug-likeness (QED) is 0.894. The van der Waals surface area contributed by atoms with Crippen LogP contribution in [0.5, 0.6) is 0 Å². The molecule has 0 unspecified atom stereocenters. The van der Waals surface area contributed by atoms with Crippen LogP contribution in [-0.4, -0.2) is 12.0 Å². The molecule has 17 heavy (non-hydrogen) atoms. The minimum atomic E-state index is 0.234. The highest BCUT2D eigenvalue weighted by Crippen LogP contribution is 2.54. The molecule has 0 spiro atoms. The van der Waals surface area contributed by atoms with Crippen molar-refractivity contribution in [1.82, 2.24) is 10.3 Å². The maximum atomic E-state index is 4.62. The molecule has 1 aliphatic carbocycles. The van der Waals surface area contributed by atoms with E-state index in [4.69, 9.17) is 0 Å². The van der Waals surface area contributed by atoms with Crippen molar-refractivity contribution in [2.24, 2.45) is 0 Å². The van der Waals surface area contributed by atoms with Gasteiger partial charge in [0.05, 0.1) is 0 Å². The third-order valence-electron chi connectivity index (χ3n) is 3.39. The van der Waals surface area contributed by atoms with Gasteiger partial charge in [0, 0.05) is 23.0 Å². The van der Waals surface area contributed by atoms with E-state index in [0.717, 1.165) is 6.54 Å². The van der Waals surface area contributed by atoms with Crippen LogP contribution >= 0.6 is 11.3 Å². The molecular weight excluding hydrogens is 228 g/mol. The minimum absolute atomic E-state index is 0.234. The van der Waals surface area contributed by atoms with Crippen LogP contribution in [0.1, 0.15) is 28.3 Å². The van der Waals surface area contributed by atoms with E-state index in [1.54, 1.807) is 0 Å². The van der Waals surface area contributed by atoms with Crippen molar-refractivity contribution in [2.75, 3.05) is 7.05 Å². The Labute approximate surface area is 106 Å². The van der Waals surface area contributed by atoms with Crippen LogP contribution in [0.25, 0.3) is 0 Å². The number of nitrogens with one attached hydrogen (secondary N) is 1. The number of aromatic nitrogens is 1. The van der Waals surface area contributed by atoms with Crippen molar-refractivity contribution in [2.45, 2.75) is 24.8 Å². The monoisotopic (exact) mass is 244 g/mol. The van der Waals surface area contributed by atoms with Crippen molar-refractivity contribution < 1.29 is 0 Å². The molecule has 1 saturated carbocycles. The zero-order valence-electron chi connectivity index (χ0n) is 9.94. The zero-order valence-corrected chi connectivity index (χ0v) is 10.8. The lowest BCUT2D eigenvalue weighted by Gasteiger charge is -2.11. The number of hydrogen-bond acceptors (Lipinski definition) is 3. The average molecular weight is 244 g/mol. The van der Waals surface area contributed by atoms with E-state index in [9.17, 15) is 0 Å². The Morgan fingerprint density at radius 2 is 2.06 bits per heavy atom. The van der Waals surface area contributed by atoms with Gasteiger partial charge in [0.1, 0.15) is 5.01 Å². The summed E-state index contributed by atoms with van der Waals surface area (Å²) >= 11 is 1.85. The highest BCUT2D eigenvalue weighted by atomic mass is 32.1. The van der Waals surface area contributed by atoms with Gasteiger partial charge in [-0.15, -0.1) is 11.3 Å². The zero-order chi connectivity index (χ0) is 11.7. The third kappa shape index (κ3) is 1.90. The minimum Gasteiger partial charge on any atom is -0.315 e. The average Bonchev–Trinajstić information content (AvgIpc) is 3.06. The van der Waals surface area contributed by atoms with Crippen LogP contribution in [0, 0.1) is 0 Å². The van der Waals surface area contributed by atoms with E-state index in [-0.39, 0.29) is 5.41 Å². The van der Waals surface area contributed by atoms with Gasteiger partial charge in [-0.05, 0) is 25.5 Å². The first kappa shape index (κ1) is 10.9. The molecule has 0 atom stereocenters. The molecule has 0 bridgehead atoms. The molecule has 0 saturated heterocycles. The predicted molar refractivity (Wildman–Crippen MR) is 71.3 cm³/mol. The van der Waals surface area contributed by atoms with E-state index >= 15 is 0 Å². The first-order valence-corrected chi connectivity index (χ1v) is 6.82. The van der Waals surface area contributed by atoms with Gasteiger partial charge in [0.15, 0.2) is 0 Å². The summed E-state index contributed by atoms with van der Waals surface area (Å²) in [7, 11) is 1.98. The summed E-state index contributed by atoms with van der Waals surface area (Å²) in [5.74, 6) is 0. The van der Waals surface area contributed by atoms with E-state index in [2.05, 4.69) is 40.6 Å². The van der Waals surface area contributed by atoms with E-state index in [1.165, 1.54) is 28.3 Å². The largest absolute Gasteiger partial charge is 0.315 e. The van der Waals surface area contributed by atoms with E-state index < -0.39 is 0 Å². The fraction of sp³-hybridized carbons (Fsp3) is 0.357. The molecule has 3 rings (SSSR count). The van der Waals surface area contributed by atoms with Gasteiger partial charge in [-0.3, -0.25) is 0 Å². The summed E-state index contributed by atoms with van der Waals surface area (Å²) in [5.41, 5.74) is 1.66. The Bertz CT molecular complexity index is 500. The van der Waals surface area contributed by atoms with Gasteiger partial charge in [-0.1, -0.05) is 30.3 Å². The van der Waals surface area contributed by atoms with Crippen LogP contribution < -0.4 is 5.32 Å². The summed E-state index contributed by atoms with van der Waals surface area (Å²) in [6.45, 7) is 0.919. The second-order valence-corrected chi connectivity index (χ2v) is 5.73. The molecule has 0 amide bonds. The lowest BCUT2D eigenvalue weighted by atomic mass is 9.97. The van der Waals surface area contributed by atoms with Gasteiger partial charge in [-0.25, -0.2) is 4.98 Å². The number of benzene rings is 1. The molecule has 88 valence electrons. The summed E-state index contributed by atoms with van der Waals surface area (Å²) in [5, 5.41) is 4.47. The highest BCUT2D eigenvalue weighted by Gasteiger charge is 2.48. The normalized spacial score (nSPS) is 17.0. The molecule has 2 aromatic rings. The van der Waals surface area contributed by atoms with Crippen LogP contribution in [0.4, 0.5) is 0 Å². The van der Waals surface area contributed by atoms with Crippen molar-refractivity contribution in [3.8, 4) is 0 Å². The molecule has 1 aromatic heterocycles. The van der Waals surface area contributed by atoms with Crippen LogP contribution in [0.2, 0.25) is 0 Å². The fourth-order valence-electron chi connectivity index (χ4n) is 2.29. The van der Waals surface area contributed by atoms with Gasteiger partial charge in [-0.2, -0.15) is 0 Å². The summed E-state index contributed by atoms with van der Waals surface area (Å²) in [6.07, 6.45) is 4.49. The van der Waals surface area contributed by atoms with Crippen molar-refractivity contribution in [3.63, 3.8) is 0 Å². The number of rotatable bonds is 4. The first-order valence-electron chi connectivity index (χ1n) is 6.00. The molecule has 1 heterocycles. The van der Waals surface area contributed by atoms with Crippen molar-refractivity contribution >= 4 is 11.3 Å². The lowest BCUT2D eigenvalue weighted by Crippen LogP contribution is -2.07. The number of thiazole rings is 1. The number of hydrogen-bond donors (Lipinski definition) is 1. The maximum absolute atomic E-state index is 4.62. The Hall–Kier alpha value is -1.19. The van der Waals surface area contributed by atoms with Crippen molar-refractivity contribution in [1.29, 1.82) is 0 Å². The maximum Gasteiger partial charge on any atom is 0.103 e. The third-order valence-corrected chi connectivity index (χ3v) is 4.59. The SMILES string of the molecule is CNCc1cnc(C2(c3ccccc3)CC2)s1. The molecule has 1 N–H and O–H groups in total. The second kappa shape index (κ2) is 4.24. The molecule has 3 heteroatoms. The molecule has 1 fully saturated rings. The smallest absolute Gasteiger partial charge is 0.103 e. The molecule has 0 radical (unpaired) electrons. The molecule has 1 aliphatic rings. The lowest BCUT2D eigenvalue weighted by molar-refractivity contribution is 0.824. The van der Waals surface area contributed by atoms with Gasteiger partial charge >= 0.3 is 0 Å². The Balaban J connectivity index is 1.92. The second-order valence-electron chi connectivity index (χ2n) is 4.61. The summed E-state index contributed by atoms with van der Waals surface area (Å²) in [4.78, 5) is 5.95. The predicted octanol–water partition coefficient (Wildman–Crippen LogP) is 2.94. The van der Waals surface area contributed by atoms with Gasteiger partial charge < -0.3 is 5.32 Å². The van der Waals surface area contributed by atoms with Crippen LogP contribution in [0.3, 0.4) is 0 Å². The molecule has 1 aromatic carbocycles. The summed E-state index contributed by atoms with van der Waals surface area (Å²) < 4.78 is 0. The number of nitrogens with zero attached hydrogens (tertiary/aromatic N) is 1. The van der Waals surface area contributed by atoms with Crippen molar-refractivity contribution in [3.05, 3.63) is 52.0 Å². The Kier molecular flexibility index (Phi) is 2.73. The molecular formula is C14H16N2S. The highest BCUT2D eigenvalue weighted by molar-refractivity contribution is 7.11. The first-order chi connectivity index (χ1) is 8.35. The Morgan fingerprint density at radius 1 is 1.29 bits per heavy atom. The van der Waals surface area contributed by atoms with Crippen LogP contribution in [-0.2, 0) is 12.0 Å². The van der Waals surface area contributed by atoms with Crippen LogP contribution in [0.15, 0.2) is 36.5 Å². The fourth-order valence-corrected chi connectivity index (χ4v) is 3.49. The standard InChI is InChI=1S/C14H16N2S/c1-15-9-12-10-16-13(17-12)14(7-8-14)11-5-3-2-4-6-11/h2-6,10,15H,7-9H2,1H3. The molecule has 2 nitrogen and oxygen atoms in total.